The maximum absolute atomic E-state index is 11.9. The number of carbonyl (C=O) groups is 2. The van der Waals surface area contributed by atoms with E-state index in [9.17, 15) is 9.59 Å². The van der Waals surface area contributed by atoms with Gasteiger partial charge in [-0.2, -0.15) is 0 Å². The van der Waals surface area contributed by atoms with E-state index < -0.39 is 0 Å². The largest absolute Gasteiger partial charge is 0.349 e. The molecular formula is C19H26N2O2. The Morgan fingerprint density at radius 3 is 2.48 bits per heavy atom. The zero-order chi connectivity index (χ0) is 17.3. The normalized spacial score (nSPS) is 13.0. The van der Waals surface area contributed by atoms with Gasteiger partial charge in [-0.3, -0.25) is 9.59 Å². The summed E-state index contributed by atoms with van der Waals surface area (Å²) in [5, 5.41) is 5.25. The lowest BCUT2D eigenvalue weighted by molar-refractivity contribution is -0.117. The molecule has 124 valence electrons. The summed E-state index contributed by atoms with van der Waals surface area (Å²) in [5.41, 5.74) is 1.23. The summed E-state index contributed by atoms with van der Waals surface area (Å²) in [7, 11) is 0. The number of hydrogen-bond donors (Lipinski definition) is 2. The molecule has 0 aromatic carbocycles. The molecule has 0 atom stereocenters. The number of hydrogen-bond acceptors (Lipinski definition) is 2. The van der Waals surface area contributed by atoms with Crippen LogP contribution in [0.15, 0.2) is 72.5 Å². The molecule has 2 N–H and O–H groups in total. The van der Waals surface area contributed by atoms with Gasteiger partial charge in [-0.05, 0) is 32.8 Å². The smallest absolute Gasteiger partial charge is 0.251 e. The van der Waals surface area contributed by atoms with Crippen LogP contribution in [0, 0.1) is 0 Å². The van der Waals surface area contributed by atoms with Gasteiger partial charge >= 0.3 is 0 Å². The van der Waals surface area contributed by atoms with E-state index in [1.54, 1.807) is 13.0 Å². The van der Waals surface area contributed by atoms with E-state index in [0.29, 0.717) is 30.6 Å². The quantitative estimate of drug-likeness (QED) is 0.266. The van der Waals surface area contributed by atoms with Gasteiger partial charge in [0.25, 0.3) is 5.91 Å². The molecular weight excluding hydrogens is 288 g/mol. The topological polar surface area (TPSA) is 58.2 Å². The second-order valence-electron chi connectivity index (χ2n) is 4.62. The molecule has 0 unspecified atom stereocenters. The predicted octanol–water partition coefficient (Wildman–Crippen LogP) is 3.33. The van der Waals surface area contributed by atoms with Crippen molar-refractivity contribution in [3.63, 3.8) is 0 Å². The fourth-order valence-corrected chi connectivity index (χ4v) is 1.55. The average molecular weight is 314 g/mol. The lowest BCUT2D eigenvalue weighted by Gasteiger charge is -2.04. The molecule has 0 bridgehead atoms. The van der Waals surface area contributed by atoms with Crippen molar-refractivity contribution in [3.8, 4) is 0 Å². The molecule has 0 spiro atoms. The van der Waals surface area contributed by atoms with Gasteiger partial charge in [-0.15, -0.1) is 0 Å². The number of carbonyl (C=O) groups excluding carboxylic acids is 2. The maximum Gasteiger partial charge on any atom is 0.251 e. The Bertz CT molecular complexity index is 523. The summed E-state index contributed by atoms with van der Waals surface area (Å²) in [6.45, 7) is 7.73. The zero-order valence-corrected chi connectivity index (χ0v) is 13.9. The summed E-state index contributed by atoms with van der Waals surface area (Å²) in [6.07, 6.45) is 19.3. The molecule has 2 amide bonds. The minimum atomic E-state index is -0.184. The molecule has 0 radical (unpaired) electrons. The lowest BCUT2D eigenvalue weighted by Crippen LogP contribution is -2.25. The minimum absolute atomic E-state index is 0.184. The first-order chi connectivity index (χ1) is 11.2. The van der Waals surface area contributed by atoms with Crippen LogP contribution in [0.4, 0.5) is 0 Å². The van der Waals surface area contributed by atoms with Crippen LogP contribution < -0.4 is 10.6 Å². The van der Waals surface area contributed by atoms with Crippen LogP contribution in [-0.2, 0) is 9.59 Å². The molecule has 0 heterocycles. The molecule has 0 aliphatic heterocycles. The molecule has 4 nitrogen and oxygen atoms in total. The third-order valence-corrected chi connectivity index (χ3v) is 2.79. The molecule has 0 fully saturated rings. The van der Waals surface area contributed by atoms with Crippen LogP contribution in [0.1, 0.15) is 26.7 Å². The highest BCUT2D eigenvalue weighted by molar-refractivity contribution is 5.96. The van der Waals surface area contributed by atoms with Crippen LogP contribution in [0.5, 0.6) is 0 Å². The first kappa shape index (κ1) is 20.4. The van der Waals surface area contributed by atoms with Crippen molar-refractivity contribution in [2.45, 2.75) is 26.7 Å². The number of allylic oxidation sites excluding steroid dienone is 8. The summed E-state index contributed by atoms with van der Waals surface area (Å²) < 4.78 is 0. The zero-order valence-electron chi connectivity index (χ0n) is 13.9. The van der Waals surface area contributed by atoms with E-state index in [1.165, 1.54) is 6.08 Å². The van der Waals surface area contributed by atoms with Gasteiger partial charge in [0.15, 0.2) is 0 Å². The van der Waals surface area contributed by atoms with Crippen molar-refractivity contribution in [3.05, 3.63) is 72.5 Å². The predicted molar refractivity (Wildman–Crippen MR) is 96.6 cm³/mol. The fraction of sp³-hybridized carbons (Fsp3) is 0.263. The summed E-state index contributed by atoms with van der Waals surface area (Å²) >= 11 is 0. The minimum Gasteiger partial charge on any atom is -0.349 e. The van der Waals surface area contributed by atoms with Gasteiger partial charge in [-0.25, -0.2) is 0 Å². The van der Waals surface area contributed by atoms with Crippen molar-refractivity contribution in [2.75, 3.05) is 6.54 Å². The maximum atomic E-state index is 11.9. The van der Waals surface area contributed by atoms with E-state index in [0.717, 1.165) is 6.42 Å². The van der Waals surface area contributed by atoms with Crippen LogP contribution in [0.25, 0.3) is 0 Å². The monoisotopic (exact) mass is 314 g/mol. The third-order valence-electron chi connectivity index (χ3n) is 2.79. The molecule has 23 heavy (non-hydrogen) atoms. The molecule has 0 rings (SSSR count). The molecule has 0 saturated heterocycles. The van der Waals surface area contributed by atoms with Crippen molar-refractivity contribution in [1.82, 2.24) is 10.6 Å². The Labute approximate surface area is 139 Å². The SMILES string of the molecule is C=CC(=CC/C=C/C/C=C\C=C/C)C(=O)NC/C=C(\C)NC=O. The summed E-state index contributed by atoms with van der Waals surface area (Å²) in [6, 6.07) is 0. The number of nitrogens with one attached hydrogen (secondary N) is 2. The van der Waals surface area contributed by atoms with E-state index >= 15 is 0 Å². The first-order valence-electron chi connectivity index (χ1n) is 7.56. The lowest BCUT2D eigenvalue weighted by atomic mass is 10.2. The standard InChI is InChI=1S/C19H26N2O2/c1-4-6-7-8-9-10-11-12-13-18(5-2)19(23)20-15-14-17(3)21-16-22/h4-8,10-11,13-14,16H,2,9,12,15H2,1,3H3,(H,20,23)(H,21,22)/b6-4-,8-7-,11-10+,17-14+,18-13?. The highest BCUT2D eigenvalue weighted by Gasteiger charge is 2.02. The Kier molecular flexibility index (Phi) is 12.7. The average Bonchev–Trinajstić information content (AvgIpc) is 2.53. The fourth-order valence-electron chi connectivity index (χ4n) is 1.55. The highest BCUT2D eigenvalue weighted by atomic mass is 16.1. The van der Waals surface area contributed by atoms with Gasteiger partial charge in [0, 0.05) is 17.8 Å². The van der Waals surface area contributed by atoms with Crippen molar-refractivity contribution in [2.24, 2.45) is 0 Å². The molecule has 0 aromatic heterocycles. The Morgan fingerprint density at radius 2 is 1.83 bits per heavy atom. The third kappa shape index (κ3) is 11.7. The summed E-state index contributed by atoms with van der Waals surface area (Å²) in [5.74, 6) is -0.184. The second kappa shape index (κ2) is 14.3. The Balaban J connectivity index is 4.27. The highest BCUT2D eigenvalue weighted by Crippen LogP contribution is 2.00. The van der Waals surface area contributed by atoms with E-state index in [2.05, 4.69) is 23.3 Å². The summed E-state index contributed by atoms with van der Waals surface area (Å²) in [4.78, 5) is 22.2. The van der Waals surface area contributed by atoms with Crippen molar-refractivity contribution >= 4 is 12.3 Å². The van der Waals surface area contributed by atoms with Gasteiger partial charge < -0.3 is 10.6 Å². The molecule has 0 saturated carbocycles. The van der Waals surface area contributed by atoms with Crippen molar-refractivity contribution < 1.29 is 9.59 Å². The first-order valence-corrected chi connectivity index (χ1v) is 7.56. The Hall–Kier alpha value is -2.62. The van der Waals surface area contributed by atoms with Gasteiger partial charge in [0.1, 0.15) is 0 Å². The van der Waals surface area contributed by atoms with Crippen LogP contribution in [0.3, 0.4) is 0 Å². The van der Waals surface area contributed by atoms with Crippen LogP contribution >= 0.6 is 0 Å². The molecule has 4 heteroatoms. The molecule has 0 aliphatic rings. The van der Waals surface area contributed by atoms with Crippen LogP contribution in [0.2, 0.25) is 0 Å². The van der Waals surface area contributed by atoms with E-state index in [4.69, 9.17) is 0 Å². The molecule has 0 aromatic rings. The van der Waals surface area contributed by atoms with Gasteiger partial charge in [0.05, 0.1) is 0 Å². The number of rotatable bonds is 11. The van der Waals surface area contributed by atoms with Gasteiger partial charge in [-0.1, -0.05) is 55.2 Å². The van der Waals surface area contributed by atoms with Crippen LogP contribution in [-0.4, -0.2) is 18.9 Å². The van der Waals surface area contributed by atoms with Crippen molar-refractivity contribution in [1.29, 1.82) is 0 Å². The number of amides is 2. The van der Waals surface area contributed by atoms with E-state index in [-0.39, 0.29) is 5.91 Å². The Morgan fingerprint density at radius 1 is 1.09 bits per heavy atom. The second-order valence-corrected chi connectivity index (χ2v) is 4.62. The molecule has 0 aliphatic carbocycles. The van der Waals surface area contributed by atoms with E-state index in [1.807, 2.05) is 43.4 Å². The van der Waals surface area contributed by atoms with Gasteiger partial charge in [0.2, 0.25) is 6.41 Å².